The maximum atomic E-state index is 13.1. The summed E-state index contributed by atoms with van der Waals surface area (Å²) in [6, 6.07) is 10.5. The molecule has 4 nitrogen and oxygen atoms in total. The number of rotatable bonds is 4. The van der Waals surface area contributed by atoms with Gasteiger partial charge in [-0.15, -0.1) is 0 Å². The van der Waals surface area contributed by atoms with Crippen LogP contribution in [0.5, 0.6) is 11.5 Å². The number of halogens is 2. The molecule has 1 fully saturated rings. The van der Waals surface area contributed by atoms with Crippen molar-refractivity contribution in [2.75, 3.05) is 20.8 Å². The van der Waals surface area contributed by atoms with E-state index < -0.39 is 0 Å². The number of methoxy groups -OCH3 is 2. The van der Waals surface area contributed by atoms with Gasteiger partial charge in [0.25, 0.3) is 5.91 Å². The van der Waals surface area contributed by atoms with Gasteiger partial charge in [-0.2, -0.15) is 0 Å². The number of carbonyl (C=O) groups excluding carboxylic acids is 1. The van der Waals surface area contributed by atoms with Gasteiger partial charge in [-0.1, -0.05) is 23.2 Å². The van der Waals surface area contributed by atoms with Gasteiger partial charge >= 0.3 is 0 Å². The number of ether oxygens (including phenoxy) is 2. The van der Waals surface area contributed by atoms with Gasteiger partial charge in [0, 0.05) is 17.1 Å². The molecule has 1 amide bonds. The Kier molecular flexibility index (Phi) is 5.40. The Morgan fingerprint density at radius 1 is 1.12 bits per heavy atom. The summed E-state index contributed by atoms with van der Waals surface area (Å²) in [4.78, 5) is 14.9. The summed E-state index contributed by atoms with van der Waals surface area (Å²) in [6.45, 7) is 0.659. The first-order valence-corrected chi connectivity index (χ1v) is 8.78. The first-order chi connectivity index (χ1) is 12.0. The van der Waals surface area contributed by atoms with E-state index in [2.05, 4.69) is 0 Å². The molecule has 2 aromatic carbocycles. The molecule has 1 saturated heterocycles. The molecule has 6 heteroatoms. The van der Waals surface area contributed by atoms with Crippen LogP contribution in [0, 0.1) is 0 Å². The van der Waals surface area contributed by atoms with Crippen LogP contribution in [0.15, 0.2) is 36.4 Å². The van der Waals surface area contributed by atoms with Crippen molar-refractivity contribution in [1.29, 1.82) is 0 Å². The van der Waals surface area contributed by atoms with Gasteiger partial charge in [0.2, 0.25) is 0 Å². The number of likely N-dealkylation sites (tertiary alicyclic amines) is 1. The zero-order valence-electron chi connectivity index (χ0n) is 14.1. The minimum absolute atomic E-state index is 0.0902. The molecular weight excluding hydrogens is 361 g/mol. The SMILES string of the molecule is COc1ccc(OC)c(C2CCCN2C(=O)c2cc(Cl)ccc2Cl)c1. The Morgan fingerprint density at radius 3 is 2.64 bits per heavy atom. The van der Waals surface area contributed by atoms with Gasteiger partial charge < -0.3 is 14.4 Å². The monoisotopic (exact) mass is 379 g/mol. The van der Waals surface area contributed by atoms with Crippen LogP contribution in [0.4, 0.5) is 0 Å². The smallest absolute Gasteiger partial charge is 0.255 e. The van der Waals surface area contributed by atoms with Gasteiger partial charge in [0.05, 0.1) is 30.8 Å². The van der Waals surface area contributed by atoms with E-state index in [4.69, 9.17) is 32.7 Å². The molecule has 0 N–H and O–H groups in total. The normalized spacial score (nSPS) is 16.8. The molecule has 25 heavy (non-hydrogen) atoms. The van der Waals surface area contributed by atoms with Crippen molar-refractivity contribution in [3.63, 3.8) is 0 Å². The van der Waals surface area contributed by atoms with Gasteiger partial charge in [0.15, 0.2) is 0 Å². The third-order valence-electron chi connectivity index (χ3n) is 4.47. The topological polar surface area (TPSA) is 38.8 Å². The van der Waals surface area contributed by atoms with Crippen LogP contribution in [0.3, 0.4) is 0 Å². The summed E-state index contributed by atoms with van der Waals surface area (Å²) in [5.74, 6) is 1.35. The summed E-state index contributed by atoms with van der Waals surface area (Å²) < 4.78 is 10.8. The Labute approximate surface area is 157 Å². The summed E-state index contributed by atoms with van der Waals surface area (Å²) in [5.41, 5.74) is 1.36. The van der Waals surface area contributed by atoms with E-state index in [1.54, 1.807) is 32.4 Å². The van der Waals surface area contributed by atoms with Crippen molar-refractivity contribution in [3.05, 3.63) is 57.6 Å². The maximum absolute atomic E-state index is 13.1. The van der Waals surface area contributed by atoms with Crippen LogP contribution in [-0.2, 0) is 0 Å². The van der Waals surface area contributed by atoms with E-state index >= 15 is 0 Å². The van der Waals surface area contributed by atoms with Crippen molar-refractivity contribution < 1.29 is 14.3 Å². The molecule has 1 unspecified atom stereocenters. The van der Waals surface area contributed by atoms with E-state index in [1.807, 2.05) is 23.1 Å². The second-order valence-corrected chi connectivity index (χ2v) is 6.73. The van der Waals surface area contributed by atoms with Crippen LogP contribution in [-0.4, -0.2) is 31.6 Å². The van der Waals surface area contributed by atoms with Crippen molar-refractivity contribution in [2.45, 2.75) is 18.9 Å². The molecule has 2 aromatic rings. The molecule has 1 aliphatic heterocycles. The average Bonchev–Trinajstić information content (AvgIpc) is 3.12. The van der Waals surface area contributed by atoms with Crippen molar-refractivity contribution in [1.82, 2.24) is 4.90 Å². The Balaban J connectivity index is 1.98. The van der Waals surface area contributed by atoms with Crippen LogP contribution >= 0.6 is 23.2 Å². The van der Waals surface area contributed by atoms with Gasteiger partial charge in [0.1, 0.15) is 11.5 Å². The number of nitrogens with zero attached hydrogens (tertiary/aromatic N) is 1. The van der Waals surface area contributed by atoms with Crippen LogP contribution < -0.4 is 9.47 Å². The van der Waals surface area contributed by atoms with E-state index in [-0.39, 0.29) is 11.9 Å². The third kappa shape index (κ3) is 3.55. The highest BCUT2D eigenvalue weighted by atomic mass is 35.5. The molecule has 0 radical (unpaired) electrons. The van der Waals surface area contributed by atoms with Gasteiger partial charge in [-0.05, 0) is 49.2 Å². The molecule has 0 spiro atoms. The standard InChI is InChI=1S/C19H19Cl2NO3/c1-24-13-6-8-18(25-2)15(11-13)17-4-3-9-22(17)19(23)14-10-12(20)5-7-16(14)21/h5-8,10-11,17H,3-4,9H2,1-2H3. The van der Waals surface area contributed by atoms with E-state index in [1.165, 1.54) is 0 Å². The highest BCUT2D eigenvalue weighted by Gasteiger charge is 2.33. The first kappa shape index (κ1) is 17.9. The molecule has 3 rings (SSSR count). The highest BCUT2D eigenvalue weighted by Crippen LogP contribution is 2.40. The van der Waals surface area contributed by atoms with Gasteiger partial charge in [-0.3, -0.25) is 4.79 Å². The molecular formula is C19H19Cl2NO3. The van der Waals surface area contributed by atoms with Crippen molar-refractivity contribution in [3.8, 4) is 11.5 Å². The maximum Gasteiger partial charge on any atom is 0.255 e. The molecule has 1 heterocycles. The third-order valence-corrected chi connectivity index (χ3v) is 5.03. The molecule has 0 aliphatic carbocycles. The fraction of sp³-hybridized carbons (Fsp3) is 0.316. The predicted octanol–water partition coefficient (Wildman–Crippen LogP) is 4.99. The van der Waals surface area contributed by atoms with Crippen LogP contribution in [0.2, 0.25) is 10.0 Å². The predicted molar refractivity (Wildman–Crippen MR) is 99.0 cm³/mol. The molecule has 1 atom stereocenters. The van der Waals surface area contributed by atoms with E-state index in [0.717, 1.165) is 29.9 Å². The molecule has 1 aliphatic rings. The molecule has 0 saturated carbocycles. The molecule has 132 valence electrons. The lowest BCUT2D eigenvalue weighted by molar-refractivity contribution is 0.0734. The lowest BCUT2D eigenvalue weighted by Crippen LogP contribution is -2.31. The van der Waals surface area contributed by atoms with E-state index in [0.29, 0.717) is 22.2 Å². The number of benzene rings is 2. The molecule has 0 aromatic heterocycles. The Bertz CT molecular complexity index is 794. The number of amides is 1. The van der Waals surface area contributed by atoms with E-state index in [9.17, 15) is 4.79 Å². The zero-order valence-corrected chi connectivity index (χ0v) is 15.6. The number of hydrogen-bond acceptors (Lipinski definition) is 3. The number of hydrogen-bond donors (Lipinski definition) is 0. The summed E-state index contributed by atoms with van der Waals surface area (Å²) >= 11 is 12.3. The summed E-state index contributed by atoms with van der Waals surface area (Å²) in [6.07, 6.45) is 1.77. The fourth-order valence-electron chi connectivity index (χ4n) is 3.25. The fourth-order valence-corrected chi connectivity index (χ4v) is 3.62. The lowest BCUT2D eigenvalue weighted by Gasteiger charge is -2.27. The lowest BCUT2D eigenvalue weighted by atomic mass is 10.0. The summed E-state index contributed by atoms with van der Waals surface area (Å²) in [7, 11) is 3.25. The largest absolute Gasteiger partial charge is 0.497 e. The quantitative estimate of drug-likeness (QED) is 0.750. The highest BCUT2D eigenvalue weighted by molar-refractivity contribution is 6.35. The Hall–Kier alpha value is -1.91. The van der Waals surface area contributed by atoms with Gasteiger partial charge in [-0.25, -0.2) is 0 Å². The van der Waals surface area contributed by atoms with Crippen LogP contribution in [0.1, 0.15) is 34.8 Å². The van der Waals surface area contributed by atoms with Crippen LogP contribution in [0.25, 0.3) is 0 Å². The molecule has 0 bridgehead atoms. The second-order valence-electron chi connectivity index (χ2n) is 5.89. The Morgan fingerprint density at radius 2 is 1.92 bits per heavy atom. The average molecular weight is 380 g/mol. The minimum atomic E-state index is -0.125. The zero-order chi connectivity index (χ0) is 18.0. The van der Waals surface area contributed by atoms with Crippen molar-refractivity contribution in [2.24, 2.45) is 0 Å². The second kappa shape index (κ2) is 7.54. The summed E-state index contributed by atoms with van der Waals surface area (Å²) in [5, 5.41) is 0.889. The number of carbonyl (C=O) groups is 1. The minimum Gasteiger partial charge on any atom is -0.497 e. The first-order valence-electron chi connectivity index (χ1n) is 8.03. The van der Waals surface area contributed by atoms with Crippen molar-refractivity contribution >= 4 is 29.1 Å².